The van der Waals surface area contributed by atoms with Crippen LogP contribution in [0.25, 0.3) is 0 Å². The smallest absolute Gasteiger partial charge is 0.0965 e. The van der Waals surface area contributed by atoms with Gasteiger partial charge in [-0.15, -0.1) is 0 Å². The molecule has 0 aromatic heterocycles. The largest absolute Gasteiger partial charge is 0.389 e. The summed E-state index contributed by atoms with van der Waals surface area (Å²) >= 11 is 0. The van der Waals surface area contributed by atoms with Gasteiger partial charge in [-0.1, -0.05) is 12.8 Å². The molecule has 0 bridgehead atoms. The van der Waals surface area contributed by atoms with E-state index in [2.05, 4.69) is 4.90 Å². The van der Waals surface area contributed by atoms with Gasteiger partial charge in [-0.3, -0.25) is 4.90 Å². The number of hydrogen-bond acceptors (Lipinski definition) is 3. The van der Waals surface area contributed by atoms with Gasteiger partial charge in [0, 0.05) is 25.7 Å². The Labute approximate surface area is 97.8 Å². The van der Waals surface area contributed by atoms with Crippen LogP contribution >= 0.6 is 0 Å². The van der Waals surface area contributed by atoms with Gasteiger partial charge < -0.3 is 9.84 Å². The van der Waals surface area contributed by atoms with Gasteiger partial charge in [-0.05, 0) is 32.1 Å². The predicted molar refractivity (Wildman–Crippen MR) is 62.4 cm³/mol. The zero-order chi connectivity index (χ0) is 11.0. The van der Waals surface area contributed by atoms with Crippen LogP contribution < -0.4 is 0 Å². The van der Waals surface area contributed by atoms with Gasteiger partial charge in [0.1, 0.15) is 0 Å². The van der Waals surface area contributed by atoms with Gasteiger partial charge in [0.05, 0.1) is 11.7 Å². The Kier molecular flexibility index (Phi) is 2.94. The van der Waals surface area contributed by atoms with Crippen molar-refractivity contribution in [2.45, 2.75) is 62.7 Å². The summed E-state index contributed by atoms with van der Waals surface area (Å²) in [6.07, 6.45) is 8.38. The lowest BCUT2D eigenvalue weighted by molar-refractivity contribution is -0.134. The quantitative estimate of drug-likeness (QED) is 0.735. The molecule has 3 rings (SSSR count). The Morgan fingerprint density at radius 2 is 1.94 bits per heavy atom. The molecule has 3 fully saturated rings. The monoisotopic (exact) mass is 225 g/mol. The predicted octanol–water partition coefficient (Wildman–Crippen LogP) is 1.54. The first-order valence-electron chi connectivity index (χ1n) is 6.86. The van der Waals surface area contributed by atoms with Crippen molar-refractivity contribution in [3.8, 4) is 0 Å². The number of aliphatic hydroxyl groups excluding tert-OH is 1. The molecule has 0 radical (unpaired) electrons. The summed E-state index contributed by atoms with van der Waals surface area (Å²) in [4.78, 5) is 2.50. The van der Waals surface area contributed by atoms with E-state index in [1.807, 2.05) is 0 Å². The molecule has 2 saturated heterocycles. The van der Waals surface area contributed by atoms with Crippen molar-refractivity contribution in [1.29, 1.82) is 0 Å². The average Bonchev–Trinajstić information content (AvgIpc) is 2.94. The molecule has 0 amide bonds. The van der Waals surface area contributed by atoms with Crippen molar-refractivity contribution in [1.82, 2.24) is 4.90 Å². The zero-order valence-electron chi connectivity index (χ0n) is 10.0. The molecule has 2 atom stereocenters. The van der Waals surface area contributed by atoms with E-state index in [1.165, 1.54) is 25.7 Å². The molecule has 16 heavy (non-hydrogen) atoms. The molecule has 0 aromatic rings. The Morgan fingerprint density at radius 3 is 2.56 bits per heavy atom. The maximum Gasteiger partial charge on any atom is 0.0965 e. The van der Waals surface area contributed by atoms with Crippen LogP contribution in [0.1, 0.15) is 44.9 Å². The minimum Gasteiger partial charge on any atom is -0.389 e. The summed E-state index contributed by atoms with van der Waals surface area (Å²) in [5, 5.41) is 10.3. The number of ether oxygens (including phenoxy) is 1. The second-order valence-corrected chi connectivity index (χ2v) is 5.72. The summed E-state index contributed by atoms with van der Waals surface area (Å²) in [6.45, 7) is 2.81. The van der Waals surface area contributed by atoms with Crippen LogP contribution in [0.2, 0.25) is 0 Å². The molecule has 0 unspecified atom stereocenters. The van der Waals surface area contributed by atoms with Crippen molar-refractivity contribution in [3.63, 3.8) is 0 Å². The first-order chi connectivity index (χ1) is 7.80. The number of nitrogens with zero attached hydrogens (tertiary/aromatic N) is 1. The lowest BCUT2D eigenvalue weighted by atomic mass is 9.85. The molecule has 3 aliphatic rings. The first-order valence-corrected chi connectivity index (χ1v) is 6.86. The molecule has 1 aliphatic carbocycles. The maximum absolute atomic E-state index is 10.3. The molecule has 0 aromatic carbocycles. The first kappa shape index (κ1) is 11.0. The van der Waals surface area contributed by atoms with Crippen LogP contribution in [0, 0.1) is 0 Å². The number of likely N-dealkylation sites (tertiary alicyclic amines) is 1. The third-order valence-corrected chi connectivity index (χ3v) is 4.81. The second-order valence-electron chi connectivity index (χ2n) is 5.72. The van der Waals surface area contributed by atoms with Crippen LogP contribution in [-0.2, 0) is 4.74 Å². The van der Waals surface area contributed by atoms with Gasteiger partial charge >= 0.3 is 0 Å². The molecular weight excluding hydrogens is 202 g/mol. The highest BCUT2D eigenvalue weighted by Gasteiger charge is 2.46. The Bertz CT molecular complexity index is 244. The maximum atomic E-state index is 10.3. The zero-order valence-corrected chi connectivity index (χ0v) is 10.0. The van der Waals surface area contributed by atoms with Gasteiger partial charge in [0.2, 0.25) is 0 Å². The summed E-state index contributed by atoms with van der Waals surface area (Å²) in [6, 6.07) is 0.744. The summed E-state index contributed by atoms with van der Waals surface area (Å²) in [7, 11) is 0. The highest BCUT2D eigenvalue weighted by atomic mass is 16.5. The van der Waals surface area contributed by atoms with Gasteiger partial charge in [0.15, 0.2) is 0 Å². The van der Waals surface area contributed by atoms with E-state index in [0.717, 1.165) is 45.0 Å². The Balaban J connectivity index is 1.63. The molecule has 1 saturated carbocycles. The van der Waals surface area contributed by atoms with Crippen LogP contribution in [0.15, 0.2) is 0 Å². The van der Waals surface area contributed by atoms with Crippen molar-refractivity contribution in [3.05, 3.63) is 0 Å². The molecule has 92 valence electrons. The van der Waals surface area contributed by atoms with E-state index in [4.69, 9.17) is 4.74 Å². The molecular formula is C13H23NO2. The van der Waals surface area contributed by atoms with Crippen molar-refractivity contribution >= 4 is 0 Å². The lowest BCUT2D eigenvalue weighted by Gasteiger charge is -2.44. The van der Waals surface area contributed by atoms with E-state index in [-0.39, 0.29) is 11.7 Å². The molecule has 3 heteroatoms. The van der Waals surface area contributed by atoms with Gasteiger partial charge in [-0.25, -0.2) is 0 Å². The average molecular weight is 225 g/mol. The SMILES string of the molecule is O[C@H]1CN(C2CCCC2)CC[C@@]12CCCO2. The van der Waals surface area contributed by atoms with Gasteiger partial charge in [-0.2, -0.15) is 0 Å². The topological polar surface area (TPSA) is 32.7 Å². The highest BCUT2D eigenvalue weighted by Crippen LogP contribution is 2.37. The summed E-state index contributed by atoms with van der Waals surface area (Å²) in [5.41, 5.74) is -0.172. The van der Waals surface area contributed by atoms with Crippen LogP contribution in [0.5, 0.6) is 0 Å². The number of rotatable bonds is 1. The fraction of sp³-hybridized carbons (Fsp3) is 1.00. The van der Waals surface area contributed by atoms with Gasteiger partial charge in [0.25, 0.3) is 0 Å². The van der Waals surface area contributed by atoms with Crippen molar-refractivity contribution in [2.24, 2.45) is 0 Å². The van der Waals surface area contributed by atoms with E-state index in [1.54, 1.807) is 0 Å². The summed E-state index contributed by atoms with van der Waals surface area (Å²) in [5.74, 6) is 0. The third-order valence-electron chi connectivity index (χ3n) is 4.81. The minimum atomic E-state index is -0.260. The van der Waals surface area contributed by atoms with E-state index >= 15 is 0 Å². The minimum absolute atomic E-state index is 0.172. The van der Waals surface area contributed by atoms with E-state index in [0.29, 0.717) is 0 Å². The van der Waals surface area contributed by atoms with Crippen LogP contribution in [-0.4, -0.2) is 47.4 Å². The van der Waals surface area contributed by atoms with Crippen LogP contribution in [0.4, 0.5) is 0 Å². The van der Waals surface area contributed by atoms with Crippen molar-refractivity contribution < 1.29 is 9.84 Å². The molecule has 1 spiro atoms. The third kappa shape index (κ3) is 1.79. The van der Waals surface area contributed by atoms with Crippen molar-refractivity contribution in [2.75, 3.05) is 19.7 Å². The van der Waals surface area contributed by atoms with E-state index < -0.39 is 0 Å². The number of hydrogen-bond donors (Lipinski definition) is 1. The molecule has 1 N–H and O–H groups in total. The number of β-amino-alcohol motifs (C(OH)–C–C–N with tert-alkyl or cyclic N) is 1. The highest BCUT2D eigenvalue weighted by molar-refractivity contribution is 4.99. The molecule has 2 heterocycles. The number of aliphatic hydroxyl groups is 1. The molecule has 2 aliphatic heterocycles. The standard InChI is InChI=1S/C13H23NO2/c15-12-10-14(11-4-1-2-5-11)8-7-13(12)6-3-9-16-13/h11-12,15H,1-10H2/t12-,13-/m0/s1. The Hall–Kier alpha value is -0.120. The Morgan fingerprint density at radius 1 is 1.12 bits per heavy atom. The molecule has 3 nitrogen and oxygen atoms in total. The number of piperidine rings is 1. The fourth-order valence-corrected chi connectivity index (χ4v) is 3.76. The summed E-state index contributed by atoms with van der Waals surface area (Å²) < 4.78 is 5.83. The lowest BCUT2D eigenvalue weighted by Crippen LogP contribution is -2.57. The second kappa shape index (κ2) is 4.28. The van der Waals surface area contributed by atoms with E-state index in [9.17, 15) is 5.11 Å². The fourth-order valence-electron chi connectivity index (χ4n) is 3.76. The van der Waals surface area contributed by atoms with Crippen LogP contribution in [0.3, 0.4) is 0 Å². The normalized spacial score (nSPS) is 42.2.